The maximum Gasteiger partial charge on any atom is 0.231 e. The van der Waals surface area contributed by atoms with E-state index in [1.807, 2.05) is 0 Å². The van der Waals surface area contributed by atoms with E-state index in [1.54, 1.807) is 30.1 Å². The lowest BCUT2D eigenvalue weighted by atomic mass is 10.2. The van der Waals surface area contributed by atoms with Crippen molar-refractivity contribution < 1.29 is 9.59 Å². The Labute approximate surface area is 123 Å². The number of amides is 2. The number of primary amides is 1. The average Bonchev–Trinajstić information content (AvgIpc) is 2.31. The number of nitrogens with zero attached hydrogens (tertiary/aromatic N) is 1. The average molecular weight is 299 g/mol. The minimum absolute atomic E-state index is 0.135. The highest BCUT2D eigenvalue weighted by molar-refractivity contribution is 6.34. The summed E-state index contributed by atoms with van der Waals surface area (Å²) >= 11 is 5.96. The molecular weight excluding hydrogens is 280 g/mol. The van der Waals surface area contributed by atoms with E-state index >= 15 is 0 Å². The van der Waals surface area contributed by atoms with Crippen molar-refractivity contribution in [3.05, 3.63) is 23.2 Å². The van der Waals surface area contributed by atoms with Crippen molar-refractivity contribution >= 4 is 34.8 Å². The van der Waals surface area contributed by atoms with Gasteiger partial charge in [0.15, 0.2) is 0 Å². The molecule has 0 aliphatic carbocycles. The van der Waals surface area contributed by atoms with Gasteiger partial charge in [0.25, 0.3) is 0 Å². The molecule has 0 bridgehead atoms. The Morgan fingerprint density at radius 1 is 1.40 bits per heavy atom. The smallest absolute Gasteiger partial charge is 0.231 e. The number of hydrogen-bond donors (Lipinski definition) is 3. The van der Waals surface area contributed by atoms with Crippen molar-refractivity contribution in [2.75, 3.05) is 31.2 Å². The zero-order valence-corrected chi connectivity index (χ0v) is 12.1. The molecule has 1 aromatic rings. The van der Waals surface area contributed by atoms with Gasteiger partial charge in [-0.15, -0.1) is 0 Å². The van der Waals surface area contributed by atoms with E-state index in [4.69, 9.17) is 23.1 Å². The largest absolute Gasteiger partial charge is 0.399 e. The number of hydrogen-bond acceptors (Lipinski definition) is 4. The Hall–Kier alpha value is -1.79. The van der Waals surface area contributed by atoms with E-state index in [2.05, 4.69) is 5.32 Å². The van der Waals surface area contributed by atoms with Gasteiger partial charge in [-0.1, -0.05) is 11.6 Å². The van der Waals surface area contributed by atoms with Crippen LogP contribution in [0.25, 0.3) is 0 Å². The molecule has 5 N–H and O–H groups in total. The predicted octanol–water partition coefficient (Wildman–Crippen LogP) is 1.06. The molecule has 1 rings (SSSR count). The number of nitrogens with two attached hydrogens (primary N) is 2. The third kappa shape index (κ3) is 5.90. The van der Waals surface area contributed by atoms with E-state index in [0.717, 1.165) is 0 Å². The quantitative estimate of drug-likeness (QED) is 0.655. The Morgan fingerprint density at radius 3 is 2.70 bits per heavy atom. The summed E-state index contributed by atoms with van der Waals surface area (Å²) in [6, 6.07) is 4.91. The van der Waals surface area contributed by atoms with Gasteiger partial charge in [-0.05, 0) is 38.2 Å². The van der Waals surface area contributed by atoms with E-state index in [9.17, 15) is 9.59 Å². The summed E-state index contributed by atoms with van der Waals surface area (Å²) in [7, 11) is 1.78. The molecule has 0 aliphatic heterocycles. The molecule has 0 saturated carbocycles. The fourth-order valence-electron chi connectivity index (χ4n) is 1.70. The molecule has 0 radical (unpaired) electrons. The summed E-state index contributed by atoms with van der Waals surface area (Å²) in [4.78, 5) is 24.2. The first kappa shape index (κ1) is 16.3. The van der Waals surface area contributed by atoms with Gasteiger partial charge >= 0.3 is 0 Å². The number of nitrogens with one attached hydrogen (secondary N) is 1. The maximum atomic E-state index is 11.7. The van der Waals surface area contributed by atoms with E-state index in [1.165, 1.54) is 0 Å². The number of rotatable bonds is 7. The standard InChI is InChI=1S/C13H19ClN4O2/c1-18(8-12(16)19)6-2-3-13(20)17-11-5-4-9(15)7-10(11)14/h4-5,7H,2-3,6,8,15H2,1H3,(H2,16,19)(H,17,20). The number of likely N-dealkylation sites (N-methyl/N-ethyl adjacent to an activating group) is 1. The molecule has 2 amide bonds. The van der Waals surface area contributed by atoms with Crippen molar-refractivity contribution in [2.45, 2.75) is 12.8 Å². The van der Waals surface area contributed by atoms with Crippen LogP contribution in [0.1, 0.15) is 12.8 Å². The lowest BCUT2D eigenvalue weighted by Crippen LogP contribution is -2.31. The van der Waals surface area contributed by atoms with E-state index in [-0.39, 0.29) is 18.4 Å². The maximum absolute atomic E-state index is 11.7. The summed E-state index contributed by atoms with van der Waals surface area (Å²) in [5.41, 5.74) is 11.7. The minimum Gasteiger partial charge on any atom is -0.399 e. The van der Waals surface area contributed by atoms with Crippen LogP contribution < -0.4 is 16.8 Å². The first-order valence-electron chi connectivity index (χ1n) is 6.20. The molecule has 0 heterocycles. The number of benzene rings is 1. The highest BCUT2D eigenvalue weighted by Crippen LogP contribution is 2.24. The van der Waals surface area contributed by atoms with Crippen LogP contribution in [0, 0.1) is 0 Å². The number of nitrogen functional groups attached to an aromatic ring is 1. The fraction of sp³-hybridized carbons (Fsp3) is 0.385. The molecule has 0 aromatic heterocycles. The van der Waals surface area contributed by atoms with Gasteiger partial charge in [0.05, 0.1) is 17.3 Å². The van der Waals surface area contributed by atoms with E-state index in [0.29, 0.717) is 35.8 Å². The topological polar surface area (TPSA) is 101 Å². The normalized spacial score (nSPS) is 10.6. The second kappa shape index (κ2) is 7.72. The molecule has 1 aromatic carbocycles. The molecule has 110 valence electrons. The van der Waals surface area contributed by atoms with Gasteiger partial charge < -0.3 is 16.8 Å². The van der Waals surface area contributed by atoms with Crippen molar-refractivity contribution in [1.29, 1.82) is 0 Å². The van der Waals surface area contributed by atoms with E-state index < -0.39 is 0 Å². The molecule has 7 heteroatoms. The van der Waals surface area contributed by atoms with Gasteiger partial charge in [-0.2, -0.15) is 0 Å². The summed E-state index contributed by atoms with van der Waals surface area (Å²) in [5, 5.41) is 3.12. The summed E-state index contributed by atoms with van der Waals surface area (Å²) in [6.07, 6.45) is 0.964. The van der Waals surface area contributed by atoms with Crippen molar-refractivity contribution in [1.82, 2.24) is 4.90 Å². The second-order valence-electron chi connectivity index (χ2n) is 4.60. The van der Waals surface area contributed by atoms with Gasteiger partial charge in [-0.25, -0.2) is 0 Å². The van der Waals surface area contributed by atoms with Crippen LogP contribution in [0.15, 0.2) is 18.2 Å². The number of halogens is 1. The van der Waals surface area contributed by atoms with Crippen LogP contribution in [0.4, 0.5) is 11.4 Å². The van der Waals surface area contributed by atoms with Crippen LogP contribution in [0.2, 0.25) is 5.02 Å². The molecular formula is C13H19ClN4O2. The molecule has 0 aliphatic rings. The summed E-state index contributed by atoms with van der Waals surface area (Å²) in [5.74, 6) is -0.519. The summed E-state index contributed by atoms with van der Waals surface area (Å²) < 4.78 is 0. The molecule has 0 fully saturated rings. The van der Waals surface area contributed by atoms with Crippen molar-refractivity contribution in [3.63, 3.8) is 0 Å². The summed E-state index contributed by atoms with van der Waals surface area (Å²) in [6.45, 7) is 0.803. The van der Waals surface area contributed by atoms with Crippen LogP contribution in [-0.2, 0) is 9.59 Å². The first-order valence-corrected chi connectivity index (χ1v) is 6.58. The SMILES string of the molecule is CN(CCCC(=O)Nc1ccc(N)cc1Cl)CC(N)=O. The number of carbonyl (C=O) groups excluding carboxylic acids is 2. The second-order valence-corrected chi connectivity index (χ2v) is 5.00. The molecule has 0 atom stereocenters. The zero-order chi connectivity index (χ0) is 15.1. The number of anilines is 2. The number of carbonyl (C=O) groups is 2. The third-order valence-corrected chi connectivity index (χ3v) is 2.95. The van der Waals surface area contributed by atoms with Gasteiger partial charge in [0.2, 0.25) is 11.8 Å². The lowest BCUT2D eigenvalue weighted by molar-refractivity contribution is -0.118. The molecule has 0 saturated heterocycles. The van der Waals surface area contributed by atoms with Crippen molar-refractivity contribution in [2.24, 2.45) is 5.73 Å². The molecule has 0 spiro atoms. The van der Waals surface area contributed by atoms with Gasteiger partial charge in [0, 0.05) is 12.1 Å². The Kier molecular flexibility index (Phi) is 6.27. The van der Waals surface area contributed by atoms with Crippen LogP contribution >= 0.6 is 11.6 Å². The van der Waals surface area contributed by atoms with Gasteiger partial charge in [0.1, 0.15) is 0 Å². The van der Waals surface area contributed by atoms with Crippen LogP contribution in [-0.4, -0.2) is 36.9 Å². The third-order valence-electron chi connectivity index (χ3n) is 2.64. The Balaban J connectivity index is 2.35. The van der Waals surface area contributed by atoms with Crippen LogP contribution in [0.5, 0.6) is 0 Å². The van der Waals surface area contributed by atoms with Gasteiger partial charge in [-0.3, -0.25) is 14.5 Å². The van der Waals surface area contributed by atoms with Crippen LogP contribution in [0.3, 0.4) is 0 Å². The van der Waals surface area contributed by atoms with Crippen molar-refractivity contribution in [3.8, 4) is 0 Å². The minimum atomic E-state index is -0.384. The molecule has 20 heavy (non-hydrogen) atoms. The lowest BCUT2D eigenvalue weighted by Gasteiger charge is -2.14. The zero-order valence-electron chi connectivity index (χ0n) is 11.4. The highest BCUT2D eigenvalue weighted by Gasteiger charge is 2.07. The Morgan fingerprint density at radius 2 is 2.10 bits per heavy atom. The fourth-order valence-corrected chi connectivity index (χ4v) is 1.94. The molecule has 6 nitrogen and oxygen atoms in total. The molecule has 0 unspecified atom stereocenters. The highest BCUT2D eigenvalue weighted by atomic mass is 35.5. The Bertz CT molecular complexity index is 493. The first-order chi connectivity index (χ1) is 9.38. The monoisotopic (exact) mass is 298 g/mol. The predicted molar refractivity (Wildman–Crippen MR) is 80.4 cm³/mol.